The van der Waals surface area contributed by atoms with Crippen molar-refractivity contribution in [3.63, 3.8) is 0 Å². The largest absolute Gasteiger partial charge is 0.381 e. The first kappa shape index (κ1) is 15.2. The molecular weight excluding hydrogens is 278 g/mol. The molecule has 0 amide bonds. The van der Waals surface area contributed by atoms with Gasteiger partial charge in [0.25, 0.3) is 0 Å². The van der Waals surface area contributed by atoms with Gasteiger partial charge in [0.2, 0.25) is 10.0 Å². The van der Waals surface area contributed by atoms with Gasteiger partial charge in [0.05, 0.1) is 6.61 Å². The molecule has 2 N–H and O–H groups in total. The minimum Gasteiger partial charge on any atom is -0.381 e. The van der Waals surface area contributed by atoms with Crippen LogP contribution >= 0.6 is 0 Å². The molecule has 0 bridgehead atoms. The van der Waals surface area contributed by atoms with Crippen LogP contribution in [0, 0.1) is 5.92 Å². The third-order valence-electron chi connectivity index (χ3n) is 3.19. The zero-order valence-corrected chi connectivity index (χ0v) is 12.4. The Bertz CT molecular complexity index is 510. The molecule has 1 aromatic heterocycles. The molecule has 1 saturated heterocycles. The average Bonchev–Trinajstić information content (AvgIpc) is 2.97. The number of hydrogen-bond donors (Lipinski definition) is 2. The molecule has 6 nitrogen and oxygen atoms in total. The Hall–Kier alpha value is -1.18. The van der Waals surface area contributed by atoms with Gasteiger partial charge >= 0.3 is 0 Å². The first-order chi connectivity index (χ1) is 9.62. The van der Waals surface area contributed by atoms with Crippen molar-refractivity contribution in [1.82, 2.24) is 9.71 Å². The lowest BCUT2D eigenvalue weighted by atomic mass is 10.1. The Morgan fingerprint density at radius 1 is 1.45 bits per heavy atom. The number of hydrogen-bond acceptors (Lipinski definition) is 5. The van der Waals surface area contributed by atoms with E-state index in [1.165, 1.54) is 6.20 Å². The van der Waals surface area contributed by atoms with Gasteiger partial charge in [-0.3, -0.25) is 0 Å². The summed E-state index contributed by atoms with van der Waals surface area (Å²) in [5, 5.41) is 3.11. The lowest BCUT2D eigenvalue weighted by Gasteiger charge is -2.10. The van der Waals surface area contributed by atoms with Crippen LogP contribution in [0.5, 0.6) is 0 Å². The maximum absolute atomic E-state index is 12.1. The number of nitrogens with one attached hydrogen (secondary N) is 2. The summed E-state index contributed by atoms with van der Waals surface area (Å²) in [6.07, 6.45) is 3.28. The first-order valence-electron chi connectivity index (χ1n) is 6.89. The van der Waals surface area contributed by atoms with Crippen LogP contribution in [0.25, 0.3) is 0 Å². The van der Waals surface area contributed by atoms with Crippen LogP contribution < -0.4 is 10.0 Å². The van der Waals surface area contributed by atoms with Crippen molar-refractivity contribution in [2.45, 2.75) is 24.7 Å². The van der Waals surface area contributed by atoms with Crippen molar-refractivity contribution < 1.29 is 13.2 Å². The van der Waals surface area contributed by atoms with Gasteiger partial charge in [-0.1, -0.05) is 6.92 Å². The highest BCUT2D eigenvalue weighted by molar-refractivity contribution is 7.89. The van der Waals surface area contributed by atoms with E-state index < -0.39 is 10.0 Å². The van der Waals surface area contributed by atoms with Crippen LogP contribution in [0.1, 0.15) is 19.8 Å². The Morgan fingerprint density at radius 3 is 2.90 bits per heavy atom. The minimum atomic E-state index is -3.48. The molecule has 0 saturated carbocycles. The van der Waals surface area contributed by atoms with Crippen LogP contribution in [0.3, 0.4) is 0 Å². The standard InChI is InChI=1S/C13H21N3O3S/c1-2-6-14-13-4-3-12(9-15-13)20(17,18)16-8-11-5-7-19-10-11/h3-4,9,11,16H,2,5-8,10H2,1H3,(H,14,15). The van der Waals surface area contributed by atoms with E-state index in [0.717, 1.165) is 19.4 Å². The van der Waals surface area contributed by atoms with Crippen LogP contribution in [0.15, 0.2) is 23.2 Å². The van der Waals surface area contributed by atoms with Gasteiger partial charge in [-0.2, -0.15) is 0 Å². The normalized spacial score (nSPS) is 19.1. The lowest BCUT2D eigenvalue weighted by molar-refractivity contribution is 0.186. The van der Waals surface area contributed by atoms with Gasteiger partial charge in [-0.05, 0) is 30.9 Å². The smallest absolute Gasteiger partial charge is 0.242 e. The summed E-state index contributed by atoms with van der Waals surface area (Å²) in [4.78, 5) is 4.30. The Kier molecular flexibility index (Phi) is 5.33. The zero-order valence-electron chi connectivity index (χ0n) is 11.6. The van der Waals surface area contributed by atoms with E-state index in [4.69, 9.17) is 4.74 Å². The summed E-state index contributed by atoms with van der Waals surface area (Å²) >= 11 is 0. The zero-order chi connectivity index (χ0) is 14.4. The van der Waals surface area contributed by atoms with Crippen molar-refractivity contribution in [2.75, 3.05) is 31.6 Å². The van der Waals surface area contributed by atoms with Crippen LogP contribution in [0.4, 0.5) is 5.82 Å². The van der Waals surface area contributed by atoms with Gasteiger partial charge in [0.1, 0.15) is 10.7 Å². The third kappa shape index (κ3) is 4.16. The van der Waals surface area contributed by atoms with E-state index in [9.17, 15) is 8.42 Å². The number of nitrogens with zero attached hydrogens (tertiary/aromatic N) is 1. The summed E-state index contributed by atoms with van der Waals surface area (Å²) in [6.45, 7) is 4.63. The van der Waals surface area contributed by atoms with Crippen molar-refractivity contribution in [3.05, 3.63) is 18.3 Å². The summed E-state index contributed by atoms with van der Waals surface area (Å²) in [5.74, 6) is 0.957. The number of pyridine rings is 1. The summed E-state index contributed by atoms with van der Waals surface area (Å²) in [6, 6.07) is 3.25. The van der Waals surface area contributed by atoms with E-state index in [1.807, 2.05) is 0 Å². The Labute approximate surface area is 120 Å². The molecule has 7 heteroatoms. The molecule has 1 aliphatic rings. The lowest BCUT2D eigenvalue weighted by Crippen LogP contribution is -2.29. The van der Waals surface area contributed by atoms with Crippen molar-refractivity contribution >= 4 is 15.8 Å². The maximum Gasteiger partial charge on any atom is 0.242 e. The molecule has 0 aromatic carbocycles. The molecule has 0 radical (unpaired) electrons. The van der Waals surface area contributed by atoms with Gasteiger partial charge < -0.3 is 10.1 Å². The molecule has 1 atom stereocenters. The first-order valence-corrected chi connectivity index (χ1v) is 8.37. The molecule has 0 spiro atoms. The molecule has 1 aliphatic heterocycles. The summed E-state index contributed by atoms with van der Waals surface area (Å²) in [5.41, 5.74) is 0. The van der Waals surface area contributed by atoms with E-state index in [2.05, 4.69) is 21.9 Å². The molecule has 20 heavy (non-hydrogen) atoms. The number of rotatable bonds is 7. The second-order valence-corrected chi connectivity index (χ2v) is 6.65. The molecule has 2 heterocycles. The van der Waals surface area contributed by atoms with E-state index >= 15 is 0 Å². The van der Waals surface area contributed by atoms with Crippen molar-refractivity contribution in [2.24, 2.45) is 5.92 Å². The van der Waals surface area contributed by atoms with Gasteiger partial charge in [0, 0.05) is 25.9 Å². The van der Waals surface area contributed by atoms with Crippen molar-refractivity contribution in [3.8, 4) is 0 Å². The highest BCUT2D eigenvalue weighted by Crippen LogP contribution is 2.14. The van der Waals surface area contributed by atoms with E-state index in [1.54, 1.807) is 12.1 Å². The van der Waals surface area contributed by atoms with Crippen LogP contribution in [-0.4, -0.2) is 39.7 Å². The topological polar surface area (TPSA) is 80.3 Å². The predicted molar refractivity (Wildman–Crippen MR) is 77.1 cm³/mol. The number of ether oxygens (including phenoxy) is 1. The molecule has 2 rings (SSSR count). The van der Waals surface area contributed by atoms with Gasteiger partial charge in [0.15, 0.2) is 0 Å². The fourth-order valence-electron chi connectivity index (χ4n) is 1.95. The fraction of sp³-hybridized carbons (Fsp3) is 0.615. The number of aromatic nitrogens is 1. The quantitative estimate of drug-likeness (QED) is 0.791. The van der Waals surface area contributed by atoms with Gasteiger partial charge in [-0.25, -0.2) is 18.1 Å². The third-order valence-corrected chi connectivity index (χ3v) is 4.60. The molecule has 1 fully saturated rings. The molecular formula is C13H21N3O3S. The van der Waals surface area contributed by atoms with Gasteiger partial charge in [-0.15, -0.1) is 0 Å². The second-order valence-electron chi connectivity index (χ2n) is 4.89. The Balaban J connectivity index is 1.94. The average molecular weight is 299 g/mol. The summed E-state index contributed by atoms with van der Waals surface area (Å²) < 4.78 is 32.0. The number of anilines is 1. The minimum absolute atomic E-state index is 0.193. The van der Waals surface area contributed by atoms with Crippen molar-refractivity contribution in [1.29, 1.82) is 0 Å². The number of sulfonamides is 1. The van der Waals surface area contributed by atoms with E-state index in [-0.39, 0.29) is 10.8 Å². The maximum atomic E-state index is 12.1. The Morgan fingerprint density at radius 2 is 2.30 bits per heavy atom. The van der Waals surface area contributed by atoms with E-state index in [0.29, 0.717) is 25.6 Å². The molecule has 1 aromatic rings. The monoisotopic (exact) mass is 299 g/mol. The summed E-state index contributed by atoms with van der Waals surface area (Å²) in [7, 11) is -3.48. The fourth-order valence-corrected chi connectivity index (χ4v) is 3.01. The van der Waals surface area contributed by atoms with Crippen LogP contribution in [-0.2, 0) is 14.8 Å². The highest BCUT2D eigenvalue weighted by atomic mass is 32.2. The molecule has 0 aliphatic carbocycles. The SMILES string of the molecule is CCCNc1ccc(S(=O)(=O)NCC2CCOC2)cn1. The molecule has 112 valence electrons. The predicted octanol–water partition coefficient (Wildman–Crippen LogP) is 1.22. The van der Waals surface area contributed by atoms with Crippen LogP contribution in [0.2, 0.25) is 0 Å². The molecule has 1 unspecified atom stereocenters. The second kappa shape index (κ2) is 7.01. The highest BCUT2D eigenvalue weighted by Gasteiger charge is 2.20.